The molecule has 0 amide bonds. The molecule has 1 aliphatic carbocycles. The Labute approximate surface area is 107 Å². The Balaban J connectivity index is 2.33. The first-order valence-corrected chi connectivity index (χ1v) is 5.45. The number of nitro groups is 1. The summed E-state index contributed by atoms with van der Waals surface area (Å²) in [7, 11) is 0. The first-order valence-electron chi connectivity index (χ1n) is 5.45. The number of diazo groups is 1. The van der Waals surface area contributed by atoms with E-state index in [0.717, 1.165) is 0 Å². The van der Waals surface area contributed by atoms with Crippen molar-refractivity contribution in [3.63, 3.8) is 0 Å². The van der Waals surface area contributed by atoms with E-state index in [1.165, 1.54) is 18.2 Å². The zero-order valence-electron chi connectivity index (χ0n) is 9.53. The highest BCUT2D eigenvalue weighted by atomic mass is 16.6. The van der Waals surface area contributed by atoms with Crippen LogP contribution in [0.25, 0.3) is 16.1 Å². The zero-order chi connectivity index (χ0) is 13.6. The van der Waals surface area contributed by atoms with Crippen LogP contribution in [0.4, 0.5) is 11.4 Å². The maximum absolute atomic E-state index is 12.2. The van der Waals surface area contributed by atoms with E-state index in [0.29, 0.717) is 16.7 Å². The molecule has 6 nitrogen and oxygen atoms in total. The van der Waals surface area contributed by atoms with Gasteiger partial charge in [0.15, 0.2) is 10.8 Å². The van der Waals surface area contributed by atoms with E-state index in [4.69, 9.17) is 5.39 Å². The number of hydrogen-bond acceptors (Lipinski definition) is 4. The van der Waals surface area contributed by atoms with Gasteiger partial charge in [-0.2, -0.15) is 0 Å². The van der Waals surface area contributed by atoms with Crippen LogP contribution in [0.3, 0.4) is 0 Å². The lowest BCUT2D eigenvalue weighted by molar-refractivity contribution is -0.384. The topological polar surface area (TPSA) is 88.4 Å². The number of nitrogens with zero attached hydrogens (tertiary/aromatic N) is 3. The normalized spacial score (nSPS) is 11.6. The molecule has 0 fully saturated rings. The molecule has 0 radical (unpaired) electrons. The van der Waals surface area contributed by atoms with E-state index < -0.39 is 4.92 Å². The summed E-state index contributed by atoms with van der Waals surface area (Å²) in [6.07, 6.45) is 0. The minimum atomic E-state index is -0.548. The van der Waals surface area contributed by atoms with E-state index >= 15 is 0 Å². The maximum atomic E-state index is 12.2. The molecule has 0 saturated carbocycles. The van der Waals surface area contributed by atoms with Crippen molar-refractivity contribution in [1.29, 1.82) is 5.39 Å². The van der Waals surface area contributed by atoms with Gasteiger partial charge in [0.05, 0.1) is 10.5 Å². The Morgan fingerprint density at radius 3 is 2.58 bits per heavy atom. The second kappa shape index (κ2) is 3.71. The molecule has 0 atom stereocenters. The van der Waals surface area contributed by atoms with Crippen LogP contribution >= 0.6 is 0 Å². The van der Waals surface area contributed by atoms with Crippen LogP contribution in [0.15, 0.2) is 36.4 Å². The molecule has 0 saturated heterocycles. The van der Waals surface area contributed by atoms with Crippen LogP contribution in [-0.4, -0.2) is 10.7 Å². The number of carbonyl (C=O) groups excluding carboxylic acids is 1. The number of fused-ring (bicyclic) bond motifs is 3. The van der Waals surface area contributed by atoms with Gasteiger partial charge in [0.25, 0.3) is 5.69 Å². The third-order valence-electron chi connectivity index (χ3n) is 3.12. The minimum Gasteiger partial charge on any atom is -0.289 e. The molecule has 1 aliphatic rings. The van der Waals surface area contributed by atoms with Crippen molar-refractivity contribution in [3.8, 4) is 11.1 Å². The van der Waals surface area contributed by atoms with Crippen molar-refractivity contribution in [3.05, 3.63) is 62.6 Å². The monoisotopic (exact) mass is 252 g/mol. The van der Waals surface area contributed by atoms with Crippen LogP contribution in [0.1, 0.15) is 15.9 Å². The number of hydrogen-bond donors (Lipinski definition) is 0. The standard InChI is InChI=1S/C13H6N3O3/c14-15-11-3-1-2-9-12(11)8-5-4-7(16(18)19)6-10(8)13(9)17/h1-6H/q+1. The van der Waals surface area contributed by atoms with E-state index in [1.54, 1.807) is 18.2 Å². The molecule has 0 aromatic heterocycles. The lowest BCUT2D eigenvalue weighted by Gasteiger charge is -1.97. The van der Waals surface area contributed by atoms with E-state index in [9.17, 15) is 14.9 Å². The van der Waals surface area contributed by atoms with Crippen LogP contribution in [0.2, 0.25) is 0 Å². The zero-order valence-corrected chi connectivity index (χ0v) is 9.53. The predicted molar refractivity (Wildman–Crippen MR) is 66.7 cm³/mol. The molecular formula is C13H6N3O3+. The molecule has 0 aliphatic heterocycles. The molecule has 0 bridgehead atoms. The van der Waals surface area contributed by atoms with Gasteiger partial charge in [-0.05, 0) is 12.1 Å². The highest BCUT2D eigenvalue weighted by molar-refractivity contribution is 6.23. The molecule has 0 heterocycles. The number of rotatable bonds is 1. The third-order valence-corrected chi connectivity index (χ3v) is 3.12. The Morgan fingerprint density at radius 1 is 1.11 bits per heavy atom. The average Bonchev–Trinajstić information content (AvgIpc) is 2.72. The minimum absolute atomic E-state index is 0.137. The van der Waals surface area contributed by atoms with Gasteiger partial charge in [-0.1, -0.05) is 6.07 Å². The van der Waals surface area contributed by atoms with Crippen molar-refractivity contribution in [1.82, 2.24) is 0 Å². The molecule has 2 aromatic rings. The number of benzene rings is 2. The highest BCUT2D eigenvalue weighted by Crippen LogP contribution is 2.43. The van der Waals surface area contributed by atoms with E-state index in [-0.39, 0.29) is 22.7 Å². The first-order chi connectivity index (χ1) is 9.13. The summed E-state index contributed by atoms with van der Waals surface area (Å²) >= 11 is 0. The van der Waals surface area contributed by atoms with Gasteiger partial charge in [0.2, 0.25) is 5.39 Å². The Morgan fingerprint density at radius 2 is 1.89 bits per heavy atom. The predicted octanol–water partition coefficient (Wildman–Crippen LogP) is 3.29. The van der Waals surface area contributed by atoms with Crippen molar-refractivity contribution in [2.75, 3.05) is 0 Å². The fourth-order valence-electron chi connectivity index (χ4n) is 2.29. The lowest BCUT2D eigenvalue weighted by Crippen LogP contribution is -1.96. The number of ketones is 1. The number of non-ortho nitro benzene ring substituents is 1. The largest absolute Gasteiger partial charge is 0.393 e. The molecule has 0 spiro atoms. The second-order valence-electron chi connectivity index (χ2n) is 4.12. The first kappa shape index (κ1) is 11.0. The summed E-state index contributed by atoms with van der Waals surface area (Å²) in [5.74, 6) is -0.292. The van der Waals surface area contributed by atoms with Crippen molar-refractivity contribution >= 4 is 17.2 Å². The smallest absolute Gasteiger partial charge is 0.289 e. The van der Waals surface area contributed by atoms with E-state index in [1.807, 2.05) is 0 Å². The maximum Gasteiger partial charge on any atom is 0.393 e. The molecular weight excluding hydrogens is 246 g/mol. The molecule has 90 valence electrons. The fourth-order valence-corrected chi connectivity index (χ4v) is 2.29. The molecule has 0 unspecified atom stereocenters. The third kappa shape index (κ3) is 1.42. The Hall–Kier alpha value is -3.07. The molecule has 2 aromatic carbocycles. The molecule has 0 N–H and O–H groups in total. The van der Waals surface area contributed by atoms with Crippen molar-refractivity contribution in [2.45, 2.75) is 0 Å². The highest BCUT2D eigenvalue weighted by Gasteiger charge is 2.34. The number of nitro benzene ring substituents is 1. The lowest BCUT2D eigenvalue weighted by atomic mass is 10.0. The van der Waals surface area contributed by atoms with Gasteiger partial charge in [-0.3, -0.25) is 14.9 Å². The second-order valence-corrected chi connectivity index (χ2v) is 4.12. The summed E-state index contributed by atoms with van der Waals surface area (Å²) in [4.78, 5) is 25.5. The Kier molecular flexibility index (Phi) is 2.16. The van der Waals surface area contributed by atoms with Crippen LogP contribution in [0, 0.1) is 15.5 Å². The van der Waals surface area contributed by atoms with Gasteiger partial charge < -0.3 is 0 Å². The summed E-state index contributed by atoms with van der Waals surface area (Å²) in [6, 6.07) is 8.87. The van der Waals surface area contributed by atoms with Gasteiger partial charge in [0.1, 0.15) is 0 Å². The Bertz CT molecular complexity index is 790. The van der Waals surface area contributed by atoms with Gasteiger partial charge in [-0.25, -0.2) is 0 Å². The quantitative estimate of drug-likeness (QED) is 0.377. The van der Waals surface area contributed by atoms with E-state index in [2.05, 4.69) is 4.98 Å². The fraction of sp³-hybridized carbons (Fsp3) is 0. The summed E-state index contributed by atoms with van der Waals surface area (Å²) in [5, 5.41) is 19.7. The average molecular weight is 252 g/mol. The van der Waals surface area contributed by atoms with Crippen molar-refractivity contribution < 1.29 is 9.72 Å². The van der Waals surface area contributed by atoms with Gasteiger partial charge in [-0.15, -0.1) is 0 Å². The number of carbonyl (C=O) groups is 1. The molecule has 3 rings (SSSR count). The van der Waals surface area contributed by atoms with Crippen molar-refractivity contribution in [2.24, 2.45) is 0 Å². The van der Waals surface area contributed by atoms with Gasteiger partial charge in [0, 0.05) is 34.9 Å². The van der Waals surface area contributed by atoms with Crippen LogP contribution < -0.4 is 0 Å². The van der Waals surface area contributed by atoms with Crippen LogP contribution in [-0.2, 0) is 0 Å². The SMILES string of the molecule is N#[N+]c1cccc2c1-c1ccc([N+](=O)[O-])cc1C2=O. The van der Waals surface area contributed by atoms with Gasteiger partial charge >= 0.3 is 5.69 Å². The summed E-state index contributed by atoms with van der Waals surface area (Å²) in [6.45, 7) is 0. The summed E-state index contributed by atoms with van der Waals surface area (Å²) in [5.41, 5.74) is 1.87. The van der Waals surface area contributed by atoms with Crippen LogP contribution in [0.5, 0.6) is 0 Å². The molecule has 19 heavy (non-hydrogen) atoms. The molecule has 6 heteroatoms. The summed E-state index contributed by atoms with van der Waals surface area (Å²) < 4.78 is 0.